The van der Waals surface area contributed by atoms with Crippen LogP contribution in [0.25, 0.3) is 32.9 Å². The van der Waals surface area contributed by atoms with E-state index < -0.39 is 15.8 Å². The third-order valence-electron chi connectivity index (χ3n) is 5.78. The Hall–Kier alpha value is -3.63. The van der Waals surface area contributed by atoms with E-state index in [2.05, 4.69) is 5.10 Å². The van der Waals surface area contributed by atoms with Gasteiger partial charge in [0.05, 0.1) is 16.7 Å². The fraction of sp³-hybridized carbons (Fsp3) is 0.167. The van der Waals surface area contributed by atoms with E-state index in [1.54, 1.807) is 51.6 Å². The topological polar surface area (TPSA) is 88.1 Å². The quantitative estimate of drug-likeness (QED) is 0.340. The molecule has 0 radical (unpaired) electrons. The first-order valence-corrected chi connectivity index (χ1v) is 12.6. The average molecular weight is 515 g/mol. The molecule has 3 aromatic heterocycles. The standard InChI is InChI=1S/C24H20ClFN4O4S/c1-4-35(32,33)30-8-7-14-9-22(34-21-6-5-15(25)10-19(21)26)16(11-20(14)30)17-12-28(2)24(31)18-13-29(3)27-23(17)18/h5-13H,4H2,1-3H3. The number of pyridine rings is 1. The fourth-order valence-electron chi connectivity index (χ4n) is 4.03. The Labute approximate surface area is 204 Å². The Kier molecular flexibility index (Phi) is 5.45. The summed E-state index contributed by atoms with van der Waals surface area (Å²) < 4.78 is 50.1. The molecule has 0 atom stereocenters. The maximum absolute atomic E-state index is 14.6. The summed E-state index contributed by atoms with van der Waals surface area (Å²) in [5.41, 5.74) is 1.56. The smallest absolute Gasteiger partial charge is 0.261 e. The van der Waals surface area contributed by atoms with E-state index in [9.17, 15) is 17.6 Å². The van der Waals surface area contributed by atoms with Crippen LogP contribution in [0.5, 0.6) is 11.5 Å². The summed E-state index contributed by atoms with van der Waals surface area (Å²) in [7, 11) is -0.279. The minimum Gasteiger partial charge on any atom is -0.454 e. The highest BCUT2D eigenvalue weighted by Gasteiger charge is 2.21. The number of benzene rings is 2. The Morgan fingerprint density at radius 1 is 1.06 bits per heavy atom. The molecular weight excluding hydrogens is 495 g/mol. The number of halogens is 2. The van der Waals surface area contributed by atoms with Crippen LogP contribution in [0.4, 0.5) is 4.39 Å². The molecule has 3 heterocycles. The molecule has 180 valence electrons. The molecule has 0 aliphatic carbocycles. The summed E-state index contributed by atoms with van der Waals surface area (Å²) in [6.45, 7) is 1.56. The van der Waals surface area contributed by atoms with Crippen LogP contribution in [0.3, 0.4) is 0 Å². The normalized spacial score (nSPS) is 12.0. The lowest BCUT2D eigenvalue weighted by Gasteiger charge is -2.15. The van der Waals surface area contributed by atoms with Crippen molar-refractivity contribution in [3.05, 3.63) is 76.2 Å². The van der Waals surface area contributed by atoms with Crippen molar-refractivity contribution < 1.29 is 17.5 Å². The summed E-state index contributed by atoms with van der Waals surface area (Å²) in [4.78, 5) is 12.7. The second-order valence-electron chi connectivity index (χ2n) is 8.12. The van der Waals surface area contributed by atoms with Crippen molar-refractivity contribution in [2.75, 3.05) is 5.75 Å². The predicted octanol–water partition coefficient (Wildman–Crippen LogP) is 4.68. The van der Waals surface area contributed by atoms with Crippen LogP contribution in [0.1, 0.15) is 6.92 Å². The first-order chi connectivity index (χ1) is 16.6. The number of aromatic nitrogens is 4. The zero-order valence-electron chi connectivity index (χ0n) is 19.0. The predicted molar refractivity (Wildman–Crippen MR) is 133 cm³/mol. The van der Waals surface area contributed by atoms with Gasteiger partial charge in [0.2, 0.25) is 10.0 Å². The zero-order valence-corrected chi connectivity index (χ0v) is 20.6. The van der Waals surface area contributed by atoms with E-state index >= 15 is 0 Å². The summed E-state index contributed by atoms with van der Waals surface area (Å²) in [6.07, 6.45) is 4.69. The van der Waals surface area contributed by atoms with Gasteiger partial charge in [0.15, 0.2) is 11.6 Å². The van der Waals surface area contributed by atoms with Crippen molar-refractivity contribution in [1.82, 2.24) is 18.3 Å². The lowest BCUT2D eigenvalue weighted by Crippen LogP contribution is -2.16. The van der Waals surface area contributed by atoms with Gasteiger partial charge in [-0.05, 0) is 43.3 Å². The number of aryl methyl sites for hydroxylation is 2. The van der Waals surface area contributed by atoms with Gasteiger partial charge in [-0.3, -0.25) is 9.48 Å². The molecular formula is C24H20ClFN4O4S. The van der Waals surface area contributed by atoms with Gasteiger partial charge in [-0.2, -0.15) is 5.10 Å². The SMILES string of the molecule is CCS(=O)(=O)n1ccc2cc(Oc3ccc(Cl)cc3F)c(-c3cn(C)c(=O)c4cn(C)nc34)cc21. The van der Waals surface area contributed by atoms with Crippen LogP contribution < -0.4 is 10.3 Å². The molecule has 0 spiro atoms. The molecule has 5 rings (SSSR count). The largest absolute Gasteiger partial charge is 0.454 e. The maximum Gasteiger partial charge on any atom is 0.261 e. The summed E-state index contributed by atoms with van der Waals surface area (Å²) in [6, 6.07) is 9.00. The minimum atomic E-state index is -3.59. The molecule has 8 nitrogen and oxygen atoms in total. The molecule has 5 aromatic rings. The van der Waals surface area contributed by atoms with E-state index in [0.29, 0.717) is 32.9 Å². The van der Waals surface area contributed by atoms with Gasteiger partial charge in [0.1, 0.15) is 11.3 Å². The molecule has 35 heavy (non-hydrogen) atoms. The van der Waals surface area contributed by atoms with Gasteiger partial charge < -0.3 is 9.30 Å². The number of hydrogen-bond acceptors (Lipinski definition) is 5. The van der Waals surface area contributed by atoms with Crippen LogP contribution >= 0.6 is 11.6 Å². The van der Waals surface area contributed by atoms with Crippen LogP contribution in [0.2, 0.25) is 5.02 Å². The van der Waals surface area contributed by atoms with Crippen molar-refractivity contribution in [2.45, 2.75) is 6.92 Å². The first-order valence-electron chi connectivity index (χ1n) is 10.6. The number of fused-ring (bicyclic) bond motifs is 2. The molecule has 0 N–H and O–H groups in total. The molecule has 0 saturated carbocycles. The maximum atomic E-state index is 14.6. The van der Waals surface area contributed by atoms with E-state index in [1.165, 1.54) is 31.6 Å². The van der Waals surface area contributed by atoms with Gasteiger partial charge in [-0.1, -0.05) is 11.6 Å². The molecule has 0 unspecified atom stereocenters. The van der Waals surface area contributed by atoms with E-state index in [0.717, 1.165) is 6.07 Å². The summed E-state index contributed by atoms with van der Waals surface area (Å²) in [5.74, 6) is -0.545. The van der Waals surface area contributed by atoms with Crippen molar-refractivity contribution in [1.29, 1.82) is 0 Å². The fourth-order valence-corrected chi connectivity index (χ4v) is 5.18. The van der Waals surface area contributed by atoms with Crippen LogP contribution in [-0.4, -0.2) is 32.5 Å². The van der Waals surface area contributed by atoms with Crippen LogP contribution in [0.15, 0.2) is 59.8 Å². The third-order valence-corrected chi connectivity index (χ3v) is 7.66. The monoisotopic (exact) mass is 514 g/mol. The average Bonchev–Trinajstić information content (AvgIpc) is 3.41. The third kappa shape index (κ3) is 3.88. The molecule has 0 fully saturated rings. The molecule has 0 amide bonds. The van der Waals surface area contributed by atoms with Crippen molar-refractivity contribution >= 4 is 43.4 Å². The zero-order chi connectivity index (χ0) is 25.1. The van der Waals surface area contributed by atoms with Gasteiger partial charge in [-0.15, -0.1) is 0 Å². The summed E-state index contributed by atoms with van der Waals surface area (Å²) >= 11 is 5.89. The lowest BCUT2D eigenvalue weighted by atomic mass is 10.0. The van der Waals surface area contributed by atoms with Gasteiger partial charge in [0.25, 0.3) is 5.56 Å². The lowest BCUT2D eigenvalue weighted by molar-refractivity contribution is 0.444. The highest BCUT2D eigenvalue weighted by Crippen LogP contribution is 2.40. The molecule has 0 saturated heterocycles. The Morgan fingerprint density at radius 2 is 1.83 bits per heavy atom. The molecule has 11 heteroatoms. The second kappa shape index (κ2) is 8.24. The molecule has 0 aliphatic heterocycles. The second-order valence-corrected chi connectivity index (χ2v) is 10.7. The Bertz CT molecular complexity index is 1800. The Balaban J connectivity index is 1.85. The summed E-state index contributed by atoms with van der Waals surface area (Å²) in [5, 5.41) is 5.64. The highest BCUT2D eigenvalue weighted by atomic mass is 35.5. The van der Waals surface area contributed by atoms with E-state index in [1.807, 2.05) is 0 Å². The van der Waals surface area contributed by atoms with Crippen molar-refractivity contribution in [3.63, 3.8) is 0 Å². The van der Waals surface area contributed by atoms with Crippen molar-refractivity contribution in [3.8, 4) is 22.6 Å². The van der Waals surface area contributed by atoms with Crippen molar-refractivity contribution in [2.24, 2.45) is 14.1 Å². The van der Waals surface area contributed by atoms with Gasteiger partial charge in [-0.25, -0.2) is 16.8 Å². The van der Waals surface area contributed by atoms with E-state index in [4.69, 9.17) is 16.3 Å². The number of ether oxygens (including phenoxy) is 1. The highest BCUT2D eigenvalue weighted by molar-refractivity contribution is 7.90. The number of nitrogens with zero attached hydrogens (tertiary/aromatic N) is 4. The molecule has 0 bridgehead atoms. The molecule has 0 aliphatic rings. The number of rotatable bonds is 5. The first kappa shape index (κ1) is 23.1. The Morgan fingerprint density at radius 3 is 2.54 bits per heavy atom. The van der Waals surface area contributed by atoms with Gasteiger partial charge >= 0.3 is 0 Å². The number of hydrogen-bond donors (Lipinski definition) is 0. The van der Waals surface area contributed by atoms with Gasteiger partial charge in [0, 0.05) is 54.2 Å². The van der Waals surface area contributed by atoms with Crippen LogP contribution in [-0.2, 0) is 24.1 Å². The molecule has 2 aromatic carbocycles. The van der Waals surface area contributed by atoms with E-state index in [-0.39, 0.29) is 27.8 Å². The van der Waals surface area contributed by atoms with Crippen LogP contribution in [0, 0.1) is 5.82 Å². The minimum absolute atomic E-state index is 0.0577.